The maximum atomic E-state index is 11.5. The maximum absolute atomic E-state index is 11.5. The van der Waals surface area contributed by atoms with Crippen molar-refractivity contribution in [2.75, 3.05) is 19.8 Å². The van der Waals surface area contributed by atoms with Crippen LogP contribution in [0.15, 0.2) is 24.3 Å². The summed E-state index contributed by atoms with van der Waals surface area (Å²) in [6, 6.07) is 0. The molecule has 0 spiro atoms. The van der Waals surface area contributed by atoms with E-state index in [4.69, 9.17) is 18.9 Å². The van der Waals surface area contributed by atoms with Gasteiger partial charge in [-0.2, -0.15) is 0 Å². The van der Waals surface area contributed by atoms with E-state index >= 15 is 0 Å². The van der Waals surface area contributed by atoms with Crippen LogP contribution in [0.3, 0.4) is 0 Å². The van der Waals surface area contributed by atoms with E-state index < -0.39 is 12.1 Å². The Bertz CT molecular complexity index is 469. The molecule has 0 aliphatic carbocycles. The molecule has 2 fully saturated rings. The highest BCUT2D eigenvalue weighted by molar-refractivity contribution is 5.95. The second kappa shape index (κ2) is 6.51. The fourth-order valence-corrected chi connectivity index (χ4v) is 2.22. The minimum atomic E-state index is -0.468. The molecule has 6 nitrogen and oxygen atoms in total. The summed E-state index contributed by atoms with van der Waals surface area (Å²) in [6.07, 6.45) is -1.50. The molecular formula is C15H20O6. The summed E-state index contributed by atoms with van der Waals surface area (Å²) in [5.41, 5.74) is 0.780. The molecule has 0 aromatic carbocycles. The van der Waals surface area contributed by atoms with Gasteiger partial charge in [-0.15, -0.1) is 0 Å². The van der Waals surface area contributed by atoms with Crippen molar-refractivity contribution >= 4 is 11.8 Å². The summed E-state index contributed by atoms with van der Waals surface area (Å²) in [6.45, 7) is 10.8. The largest absolute Gasteiger partial charge is 0.454 e. The van der Waals surface area contributed by atoms with Crippen LogP contribution in [0.2, 0.25) is 0 Å². The van der Waals surface area contributed by atoms with Gasteiger partial charge in [0.2, 0.25) is 0 Å². The molecule has 0 saturated carbocycles. The topological polar surface area (TPSA) is 71.1 Å². The van der Waals surface area contributed by atoms with Crippen LogP contribution in [0.4, 0.5) is 0 Å². The molecule has 6 heteroatoms. The van der Waals surface area contributed by atoms with Crippen LogP contribution < -0.4 is 0 Å². The fraction of sp³-hybridized carbons (Fsp3) is 0.600. The minimum absolute atomic E-state index is 0.0494. The highest BCUT2D eigenvalue weighted by atomic mass is 16.7. The van der Waals surface area contributed by atoms with Crippen molar-refractivity contribution in [1.82, 2.24) is 0 Å². The first-order valence-corrected chi connectivity index (χ1v) is 6.80. The molecule has 0 bridgehead atoms. The number of rotatable bonds is 6. The SMILES string of the molecule is C=C(C)C(=O)COC1COC2C(OC(=O)C(=C)C)COC12. The zero-order chi connectivity index (χ0) is 15.6. The third-order valence-electron chi connectivity index (χ3n) is 3.47. The Balaban J connectivity index is 1.87. The predicted molar refractivity (Wildman–Crippen MR) is 73.7 cm³/mol. The van der Waals surface area contributed by atoms with Gasteiger partial charge in [-0.05, 0) is 19.4 Å². The van der Waals surface area contributed by atoms with Gasteiger partial charge in [-0.25, -0.2) is 4.79 Å². The highest BCUT2D eigenvalue weighted by Crippen LogP contribution is 2.30. The van der Waals surface area contributed by atoms with Gasteiger partial charge >= 0.3 is 5.97 Å². The zero-order valence-electron chi connectivity index (χ0n) is 12.3. The van der Waals surface area contributed by atoms with E-state index in [1.165, 1.54) is 0 Å². The lowest BCUT2D eigenvalue weighted by Crippen LogP contribution is -2.35. The quantitative estimate of drug-likeness (QED) is 0.533. The molecule has 2 aliphatic heterocycles. The predicted octanol–water partition coefficient (Wildman–Crippen LogP) is 0.802. The van der Waals surface area contributed by atoms with Crippen LogP contribution in [0, 0.1) is 0 Å². The number of hydrogen-bond acceptors (Lipinski definition) is 6. The van der Waals surface area contributed by atoms with Gasteiger partial charge in [0, 0.05) is 5.57 Å². The summed E-state index contributed by atoms with van der Waals surface area (Å²) in [4.78, 5) is 23.0. The van der Waals surface area contributed by atoms with Crippen LogP contribution in [0.1, 0.15) is 13.8 Å². The lowest BCUT2D eigenvalue weighted by atomic mass is 10.1. The van der Waals surface area contributed by atoms with Gasteiger partial charge in [0.05, 0.1) is 13.2 Å². The van der Waals surface area contributed by atoms with Crippen molar-refractivity contribution in [1.29, 1.82) is 0 Å². The normalized spacial score (nSPS) is 30.8. The minimum Gasteiger partial charge on any atom is -0.454 e. The van der Waals surface area contributed by atoms with Crippen LogP contribution in [0.25, 0.3) is 0 Å². The molecule has 4 unspecified atom stereocenters. The Morgan fingerprint density at radius 2 is 1.62 bits per heavy atom. The summed E-state index contributed by atoms with van der Waals surface area (Å²) >= 11 is 0. The van der Waals surface area contributed by atoms with Gasteiger partial charge in [0.25, 0.3) is 0 Å². The number of carbonyl (C=O) groups excluding carboxylic acids is 2. The molecule has 0 amide bonds. The van der Waals surface area contributed by atoms with E-state index in [-0.39, 0.29) is 37.3 Å². The molecule has 0 N–H and O–H groups in total. The zero-order valence-corrected chi connectivity index (χ0v) is 12.3. The highest BCUT2D eigenvalue weighted by Gasteiger charge is 2.50. The molecule has 4 atom stereocenters. The first kappa shape index (κ1) is 15.9. The average Bonchev–Trinajstić information content (AvgIpc) is 2.99. The number of ketones is 1. The second-order valence-electron chi connectivity index (χ2n) is 5.37. The van der Waals surface area contributed by atoms with Gasteiger partial charge < -0.3 is 18.9 Å². The Morgan fingerprint density at radius 3 is 2.19 bits per heavy atom. The van der Waals surface area contributed by atoms with Crippen molar-refractivity contribution in [3.05, 3.63) is 24.3 Å². The van der Waals surface area contributed by atoms with Crippen LogP contribution in [-0.2, 0) is 28.5 Å². The van der Waals surface area contributed by atoms with Gasteiger partial charge in [0.15, 0.2) is 11.9 Å². The first-order valence-electron chi connectivity index (χ1n) is 6.80. The number of fused-ring (bicyclic) bond motifs is 1. The van der Waals surface area contributed by atoms with E-state index in [1.54, 1.807) is 13.8 Å². The van der Waals surface area contributed by atoms with Crippen LogP contribution in [-0.4, -0.2) is 56.0 Å². The summed E-state index contributed by atoms with van der Waals surface area (Å²) in [5, 5.41) is 0. The number of esters is 1. The van der Waals surface area contributed by atoms with Crippen molar-refractivity contribution in [2.45, 2.75) is 38.3 Å². The molecule has 2 saturated heterocycles. The number of hydrogen-bond donors (Lipinski definition) is 0. The van der Waals surface area contributed by atoms with Crippen molar-refractivity contribution in [2.24, 2.45) is 0 Å². The van der Waals surface area contributed by atoms with E-state index in [0.717, 1.165) is 0 Å². The third kappa shape index (κ3) is 3.58. The van der Waals surface area contributed by atoms with Crippen LogP contribution in [0.5, 0.6) is 0 Å². The summed E-state index contributed by atoms with van der Waals surface area (Å²) in [7, 11) is 0. The average molecular weight is 296 g/mol. The van der Waals surface area contributed by atoms with Crippen molar-refractivity contribution in [3.63, 3.8) is 0 Å². The smallest absolute Gasteiger partial charge is 0.333 e. The Labute approximate surface area is 123 Å². The van der Waals surface area contributed by atoms with E-state index in [0.29, 0.717) is 17.8 Å². The van der Waals surface area contributed by atoms with Crippen LogP contribution >= 0.6 is 0 Å². The Kier molecular flexibility index (Phi) is 4.92. The molecule has 116 valence electrons. The molecule has 0 aromatic heterocycles. The molecule has 0 radical (unpaired) electrons. The first-order chi connectivity index (χ1) is 9.90. The molecule has 2 heterocycles. The van der Waals surface area contributed by atoms with Gasteiger partial charge in [-0.1, -0.05) is 13.2 Å². The molecular weight excluding hydrogens is 276 g/mol. The lowest BCUT2D eigenvalue weighted by Gasteiger charge is -2.17. The molecule has 2 rings (SSSR count). The molecule has 0 aromatic rings. The maximum Gasteiger partial charge on any atom is 0.333 e. The van der Waals surface area contributed by atoms with Crippen molar-refractivity contribution in [3.8, 4) is 0 Å². The third-order valence-corrected chi connectivity index (χ3v) is 3.47. The van der Waals surface area contributed by atoms with E-state index in [1.807, 2.05) is 0 Å². The summed E-state index contributed by atoms with van der Waals surface area (Å²) < 4.78 is 22.0. The Hall–Kier alpha value is -1.50. The van der Waals surface area contributed by atoms with Gasteiger partial charge in [-0.3, -0.25) is 4.79 Å². The Morgan fingerprint density at radius 1 is 1.05 bits per heavy atom. The number of carbonyl (C=O) groups is 2. The number of Topliss-reactive ketones (excluding diaryl/α,β-unsaturated/α-hetero) is 1. The lowest BCUT2D eigenvalue weighted by molar-refractivity contribution is -0.149. The number of ether oxygens (including phenoxy) is 4. The van der Waals surface area contributed by atoms with E-state index in [2.05, 4.69) is 13.2 Å². The molecule has 2 aliphatic rings. The fourth-order valence-electron chi connectivity index (χ4n) is 2.22. The van der Waals surface area contributed by atoms with Gasteiger partial charge in [0.1, 0.15) is 24.9 Å². The summed E-state index contributed by atoms with van der Waals surface area (Å²) in [5.74, 6) is -0.614. The second-order valence-corrected chi connectivity index (χ2v) is 5.37. The molecule has 21 heavy (non-hydrogen) atoms. The monoisotopic (exact) mass is 296 g/mol. The van der Waals surface area contributed by atoms with E-state index in [9.17, 15) is 9.59 Å². The van der Waals surface area contributed by atoms with Crippen molar-refractivity contribution < 1.29 is 28.5 Å². The standard InChI is InChI=1S/C15H20O6/c1-8(2)10(16)5-18-11-6-19-14-12(7-20-13(11)14)21-15(17)9(3)4/h11-14H,1,3,5-7H2,2,4H3.